The molecule has 2 nitrogen and oxygen atoms in total. The Kier molecular flexibility index (Phi) is 2.40. The number of nitrogen functional groups attached to an aromatic ring is 1. The fraction of sp³-hybridized carbons (Fsp3) is 0.125. The Morgan fingerprint density at radius 2 is 2.15 bits per heavy atom. The number of hydrogen-bond donors (Lipinski definition) is 1. The maximum absolute atomic E-state index is 5.73. The zero-order valence-electron chi connectivity index (χ0n) is 6.87. The van der Waals surface area contributed by atoms with Crippen molar-refractivity contribution < 1.29 is 0 Å². The van der Waals surface area contributed by atoms with Crippen LogP contribution in [0.4, 0.5) is 5.00 Å². The lowest BCUT2D eigenvalue weighted by atomic mass is 10.5. The van der Waals surface area contributed by atoms with E-state index in [4.69, 9.17) is 5.73 Å². The molecule has 0 amide bonds. The molecule has 0 aliphatic heterocycles. The monoisotopic (exact) mass is 274 g/mol. The standard InChI is InChI=1S/C8H7BrN2S2/c1-4-7(10)13-8(11-4)5-2-3-6(9)12-5/h2-3H,10H2,1H3. The average molecular weight is 275 g/mol. The predicted molar refractivity (Wildman–Crippen MR) is 62.3 cm³/mol. The van der Waals surface area contributed by atoms with Crippen LogP contribution in [0.1, 0.15) is 5.69 Å². The van der Waals surface area contributed by atoms with Crippen LogP contribution in [-0.2, 0) is 0 Å². The first-order valence-electron chi connectivity index (χ1n) is 3.65. The van der Waals surface area contributed by atoms with Gasteiger partial charge in [0.15, 0.2) is 0 Å². The first-order valence-corrected chi connectivity index (χ1v) is 6.08. The van der Waals surface area contributed by atoms with Crippen LogP contribution in [0.3, 0.4) is 0 Å². The third-order valence-corrected chi connectivity index (χ3v) is 4.40. The van der Waals surface area contributed by atoms with E-state index in [-0.39, 0.29) is 0 Å². The van der Waals surface area contributed by atoms with Crippen molar-refractivity contribution in [3.05, 3.63) is 21.6 Å². The van der Waals surface area contributed by atoms with E-state index in [1.807, 2.05) is 19.1 Å². The summed E-state index contributed by atoms with van der Waals surface area (Å²) in [5.41, 5.74) is 6.65. The van der Waals surface area contributed by atoms with E-state index in [1.165, 1.54) is 11.3 Å². The summed E-state index contributed by atoms with van der Waals surface area (Å²) in [4.78, 5) is 5.54. The van der Waals surface area contributed by atoms with Crippen LogP contribution >= 0.6 is 38.6 Å². The number of rotatable bonds is 1. The van der Waals surface area contributed by atoms with E-state index in [0.717, 1.165) is 24.4 Å². The molecule has 0 aliphatic rings. The molecule has 13 heavy (non-hydrogen) atoms. The minimum absolute atomic E-state index is 0.805. The van der Waals surface area contributed by atoms with Gasteiger partial charge < -0.3 is 5.73 Å². The van der Waals surface area contributed by atoms with Gasteiger partial charge in [0.25, 0.3) is 0 Å². The smallest absolute Gasteiger partial charge is 0.135 e. The van der Waals surface area contributed by atoms with Crippen molar-refractivity contribution in [3.63, 3.8) is 0 Å². The normalized spacial score (nSPS) is 10.6. The van der Waals surface area contributed by atoms with Crippen LogP contribution < -0.4 is 5.73 Å². The second-order valence-electron chi connectivity index (χ2n) is 2.57. The van der Waals surface area contributed by atoms with E-state index in [0.29, 0.717) is 0 Å². The minimum Gasteiger partial charge on any atom is -0.389 e. The highest BCUT2D eigenvalue weighted by Crippen LogP contribution is 2.35. The van der Waals surface area contributed by atoms with Gasteiger partial charge in [0.05, 0.1) is 14.4 Å². The highest BCUT2D eigenvalue weighted by molar-refractivity contribution is 9.11. The van der Waals surface area contributed by atoms with Crippen LogP contribution in [-0.4, -0.2) is 4.98 Å². The number of nitrogens with two attached hydrogens (primary N) is 1. The molecule has 0 spiro atoms. The molecule has 0 fully saturated rings. The Morgan fingerprint density at radius 1 is 1.38 bits per heavy atom. The summed E-state index contributed by atoms with van der Waals surface area (Å²) in [6.07, 6.45) is 0. The van der Waals surface area contributed by atoms with Crippen LogP contribution in [0.15, 0.2) is 15.9 Å². The molecule has 0 saturated carbocycles. The van der Waals surface area contributed by atoms with Crippen molar-refractivity contribution in [3.8, 4) is 9.88 Å². The Hall–Kier alpha value is -0.390. The molecule has 2 rings (SSSR count). The molecule has 0 unspecified atom stereocenters. The summed E-state index contributed by atoms with van der Waals surface area (Å²) in [7, 11) is 0. The minimum atomic E-state index is 0.805. The first kappa shape index (κ1) is 9.18. The largest absolute Gasteiger partial charge is 0.389 e. The van der Waals surface area contributed by atoms with Crippen molar-refractivity contribution in [2.75, 3.05) is 5.73 Å². The number of aromatic nitrogens is 1. The second kappa shape index (κ2) is 3.40. The molecule has 0 bridgehead atoms. The summed E-state index contributed by atoms with van der Waals surface area (Å²) in [5, 5.41) is 1.81. The van der Waals surface area contributed by atoms with Gasteiger partial charge in [-0.3, -0.25) is 0 Å². The van der Waals surface area contributed by atoms with Gasteiger partial charge in [-0.2, -0.15) is 0 Å². The number of nitrogens with zero attached hydrogens (tertiary/aromatic N) is 1. The maximum Gasteiger partial charge on any atom is 0.135 e. The first-order chi connectivity index (χ1) is 6.16. The van der Waals surface area contributed by atoms with Crippen LogP contribution in [0, 0.1) is 6.92 Å². The summed E-state index contributed by atoms with van der Waals surface area (Å²) in [5.74, 6) is 0. The van der Waals surface area contributed by atoms with Gasteiger partial charge >= 0.3 is 0 Å². The van der Waals surface area contributed by atoms with Gasteiger partial charge in [0.1, 0.15) is 10.0 Å². The summed E-state index contributed by atoms with van der Waals surface area (Å²) in [6, 6.07) is 4.07. The number of aryl methyl sites for hydroxylation is 1. The van der Waals surface area contributed by atoms with Crippen molar-refractivity contribution in [1.82, 2.24) is 4.98 Å². The van der Waals surface area contributed by atoms with E-state index in [1.54, 1.807) is 11.3 Å². The molecule has 0 aromatic carbocycles. The lowest BCUT2D eigenvalue weighted by Gasteiger charge is -1.85. The number of thiazole rings is 1. The van der Waals surface area contributed by atoms with Crippen molar-refractivity contribution >= 4 is 43.6 Å². The molecular weight excluding hydrogens is 268 g/mol. The molecule has 2 aromatic rings. The molecule has 2 heterocycles. The van der Waals surface area contributed by atoms with Gasteiger partial charge in [-0.15, -0.1) is 11.3 Å². The summed E-state index contributed by atoms with van der Waals surface area (Å²) >= 11 is 6.63. The van der Waals surface area contributed by atoms with Crippen molar-refractivity contribution in [2.45, 2.75) is 6.92 Å². The van der Waals surface area contributed by atoms with Crippen molar-refractivity contribution in [2.24, 2.45) is 0 Å². The van der Waals surface area contributed by atoms with Gasteiger partial charge in [0.2, 0.25) is 0 Å². The highest BCUT2D eigenvalue weighted by Gasteiger charge is 2.08. The van der Waals surface area contributed by atoms with Gasteiger partial charge in [-0.25, -0.2) is 4.98 Å². The van der Waals surface area contributed by atoms with Gasteiger partial charge in [0, 0.05) is 0 Å². The highest BCUT2D eigenvalue weighted by atomic mass is 79.9. The number of anilines is 1. The molecule has 0 aliphatic carbocycles. The van der Waals surface area contributed by atoms with E-state index >= 15 is 0 Å². The maximum atomic E-state index is 5.73. The summed E-state index contributed by atoms with van der Waals surface area (Å²) in [6.45, 7) is 1.93. The van der Waals surface area contributed by atoms with E-state index < -0.39 is 0 Å². The quantitative estimate of drug-likeness (QED) is 0.864. The van der Waals surface area contributed by atoms with Gasteiger partial charge in [-0.1, -0.05) is 11.3 Å². The van der Waals surface area contributed by atoms with Crippen molar-refractivity contribution in [1.29, 1.82) is 0 Å². The van der Waals surface area contributed by atoms with Crippen LogP contribution in [0.5, 0.6) is 0 Å². The Balaban J connectivity index is 2.46. The van der Waals surface area contributed by atoms with Crippen LogP contribution in [0.25, 0.3) is 9.88 Å². The zero-order chi connectivity index (χ0) is 9.42. The molecule has 0 saturated heterocycles. The zero-order valence-corrected chi connectivity index (χ0v) is 10.1. The summed E-state index contributed by atoms with van der Waals surface area (Å²) < 4.78 is 1.12. The topological polar surface area (TPSA) is 38.9 Å². The lowest BCUT2D eigenvalue weighted by molar-refractivity contribution is 1.28. The van der Waals surface area contributed by atoms with E-state index in [2.05, 4.69) is 20.9 Å². The van der Waals surface area contributed by atoms with Crippen LogP contribution in [0.2, 0.25) is 0 Å². The number of halogens is 1. The second-order valence-corrected chi connectivity index (χ2v) is 6.07. The van der Waals surface area contributed by atoms with Gasteiger partial charge in [-0.05, 0) is 35.0 Å². The molecule has 0 radical (unpaired) electrons. The Morgan fingerprint density at radius 3 is 2.62 bits per heavy atom. The number of thiophene rings is 1. The molecular formula is C8H7BrN2S2. The SMILES string of the molecule is Cc1nc(-c2ccc(Br)s2)sc1N. The molecule has 68 valence electrons. The lowest BCUT2D eigenvalue weighted by Crippen LogP contribution is -1.81. The fourth-order valence-corrected chi connectivity index (χ4v) is 3.22. The third kappa shape index (κ3) is 1.77. The Bertz CT molecular complexity index is 414. The molecule has 0 atom stereocenters. The average Bonchev–Trinajstić information content (AvgIpc) is 2.61. The third-order valence-electron chi connectivity index (χ3n) is 1.62. The number of hydrogen-bond acceptors (Lipinski definition) is 4. The molecule has 2 aromatic heterocycles. The molecule has 5 heteroatoms. The predicted octanol–water partition coefficient (Wildman–Crippen LogP) is 3.52. The van der Waals surface area contributed by atoms with E-state index in [9.17, 15) is 0 Å². The fourth-order valence-electron chi connectivity index (χ4n) is 0.943. The Labute approximate surface area is 92.6 Å². The molecule has 2 N–H and O–H groups in total.